The minimum Gasteiger partial charge on any atom is -0.493 e. The lowest BCUT2D eigenvalue weighted by molar-refractivity contribution is 0.0594. The Labute approximate surface area is 139 Å². The van der Waals surface area contributed by atoms with E-state index in [-0.39, 0.29) is 10.6 Å². The molecule has 1 aromatic carbocycles. The number of halogens is 5. The van der Waals surface area contributed by atoms with E-state index in [4.69, 9.17) is 16.3 Å². The number of carbonyl (C=O) groups is 1. The highest BCUT2D eigenvalue weighted by atomic mass is 35.5. The minimum atomic E-state index is -3.08. The van der Waals surface area contributed by atoms with E-state index >= 15 is 0 Å². The van der Waals surface area contributed by atoms with Crippen molar-refractivity contribution in [3.63, 3.8) is 0 Å². The molecule has 0 aliphatic rings. The number of rotatable bonds is 4. The molecule has 0 atom stereocenters. The molecule has 4 nitrogen and oxygen atoms in total. The first-order chi connectivity index (χ1) is 11.3. The number of aromatic nitrogens is 1. The topological polar surface area (TPSA) is 48.4 Å². The third-order valence-electron chi connectivity index (χ3n) is 3.13. The first-order valence-electron chi connectivity index (χ1n) is 6.41. The zero-order valence-corrected chi connectivity index (χ0v) is 13.1. The van der Waals surface area contributed by atoms with E-state index in [2.05, 4.69) is 9.72 Å². The van der Waals surface area contributed by atoms with Crippen molar-refractivity contribution < 1.29 is 31.8 Å². The lowest BCUT2D eigenvalue weighted by Gasteiger charge is -2.13. The Balaban J connectivity index is 2.72. The van der Waals surface area contributed by atoms with Crippen LogP contribution in [0.2, 0.25) is 5.02 Å². The molecule has 0 radical (unpaired) electrons. The van der Waals surface area contributed by atoms with Crippen LogP contribution in [-0.4, -0.2) is 25.2 Å². The summed E-state index contributed by atoms with van der Waals surface area (Å²) in [7, 11) is 2.10. The van der Waals surface area contributed by atoms with Crippen LogP contribution in [-0.2, 0) is 4.74 Å². The van der Waals surface area contributed by atoms with Gasteiger partial charge in [-0.1, -0.05) is 11.6 Å². The van der Waals surface area contributed by atoms with E-state index in [1.54, 1.807) is 0 Å². The van der Waals surface area contributed by atoms with Gasteiger partial charge in [0.2, 0.25) is 0 Å². The molecule has 0 aliphatic heterocycles. The average molecular weight is 364 g/mol. The fourth-order valence-corrected chi connectivity index (χ4v) is 2.24. The van der Waals surface area contributed by atoms with Gasteiger partial charge in [0, 0.05) is 5.56 Å². The summed E-state index contributed by atoms with van der Waals surface area (Å²) < 4.78 is 63.1. The molecule has 0 aliphatic carbocycles. The van der Waals surface area contributed by atoms with Gasteiger partial charge in [-0.25, -0.2) is 27.3 Å². The monoisotopic (exact) mass is 363 g/mol. The molecule has 0 bridgehead atoms. The molecule has 0 saturated carbocycles. The molecule has 0 N–H and O–H groups in total. The Morgan fingerprint density at radius 1 is 1.25 bits per heavy atom. The number of methoxy groups -OCH3 is 2. The fraction of sp³-hybridized carbons (Fsp3) is 0.200. The minimum absolute atomic E-state index is 0.251. The highest BCUT2D eigenvalue weighted by molar-refractivity contribution is 6.33. The van der Waals surface area contributed by atoms with Gasteiger partial charge in [-0.15, -0.1) is 0 Å². The maximum absolute atomic E-state index is 14.2. The van der Waals surface area contributed by atoms with Crippen molar-refractivity contribution in [2.24, 2.45) is 0 Å². The van der Waals surface area contributed by atoms with E-state index < -0.39 is 46.7 Å². The predicted molar refractivity (Wildman–Crippen MR) is 77.4 cm³/mol. The number of nitrogens with zero attached hydrogens (tertiary/aromatic N) is 1. The molecule has 128 valence electrons. The van der Waals surface area contributed by atoms with Crippen LogP contribution in [0.5, 0.6) is 5.75 Å². The number of alkyl halides is 2. The van der Waals surface area contributed by atoms with Gasteiger partial charge >= 0.3 is 5.97 Å². The standard InChI is InChI=1S/C15H10ClF4NO3/c1-23-13-7(4-3-6(10(13)18)14(19)20)11-9(17)5-8(16)12(21-11)15(22)24-2/h3-5,14H,1-2H3. The molecular weight excluding hydrogens is 354 g/mol. The van der Waals surface area contributed by atoms with Crippen molar-refractivity contribution >= 4 is 17.6 Å². The summed E-state index contributed by atoms with van der Waals surface area (Å²) in [6, 6.07) is 2.59. The van der Waals surface area contributed by atoms with Gasteiger partial charge in [0.15, 0.2) is 23.1 Å². The largest absolute Gasteiger partial charge is 0.493 e. The summed E-state index contributed by atoms with van der Waals surface area (Å²) in [6.07, 6.45) is -3.08. The van der Waals surface area contributed by atoms with Crippen LogP contribution in [0.25, 0.3) is 11.3 Å². The molecule has 24 heavy (non-hydrogen) atoms. The normalized spacial score (nSPS) is 10.8. The molecule has 0 unspecified atom stereocenters. The molecule has 1 heterocycles. The van der Waals surface area contributed by atoms with Crippen molar-refractivity contribution in [1.82, 2.24) is 4.98 Å². The van der Waals surface area contributed by atoms with Crippen molar-refractivity contribution in [3.05, 3.63) is 46.1 Å². The van der Waals surface area contributed by atoms with Gasteiger partial charge in [-0.05, 0) is 18.2 Å². The van der Waals surface area contributed by atoms with E-state index in [0.717, 1.165) is 32.4 Å². The molecular formula is C15H10ClF4NO3. The summed E-state index contributed by atoms with van der Waals surface area (Å²) in [5.74, 6) is -3.90. The van der Waals surface area contributed by atoms with Gasteiger partial charge in [0.05, 0.1) is 24.8 Å². The van der Waals surface area contributed by atoms with E-state index in [1.807, 2.05) is 0 Å². The molecule has 0 saturated heterocycles. The quantitative estimate of drug-likeness (QED) is 0.596. The molecule has 2 aromatic rings. The lowest BCUT2D eigenvalue weighted by Crippen LogP contribution is -2.08. The maximum Gasteiger partial charge on any atom is 0.358 e. The van der Waals surface area contributed by atoms with Gasteiger partial charge < -0.3 is 9.47 Å². The number of hydrogen-bond donors (Lipinski definition) is 0. The van der Waals surface area contributed by atoms with E-state index in [0.29, 0.717) is 0 Å². The van der Waals surface area contributed by atoms with Crippen LogP contribution in [0.15, 0.2) is 18.2 Å². The summed E-state index contributed by atoms with van der Waals surface area (Å²) in [5.41, 5.74) is -2.05. The summed E-state index contributed by atoms with van der Waals surface area (Å²) >= 11 is 5.73. The second-order valence-corrected chi connectivity index (χ2v) is 4.90. The van der Waals surface area contributed by atoms with Crippen LogP contribution < -0.4 is 4.74 Å². The van der Waals surface area contributed by atoms with Gasteiger partial charge in [-0.2, -0.15) is 0 Å². The first kappa shape index (κ1) is 18.0. The number of esters is 1. The summed E-state index contributed by atoms with van der Waals surface area (Å²) in [5, 5.41) is -0.313. The fourth-order valence-electron chi connectivity index (χ4n) is 2.02. The Bertz CT molecular complexity index is 799. The van der Waals surface area contributed by atoms with Gasteiger partial charge in [0.1, 0.15) is 5.69 Å². The van der Waals surface area contributed by atoms with E-state index in [9.17, 15) is 22.4 Å². The number of carbonyl (C=O) groups excluding carboxylic acids is 1. The molecule has 0 amide bonds. The van der Waals surface area contributed by atoms with Crippen LogP contribution >= 0.6 is 11.6 Å². The van der Waals surface area contributed by atoms with Crippen molar-refractivity contribution in [3.8, 4) is 17.0 Å². The van der Waals surface area contributed by atoms with Crippen LogP contribution in [0.4, 0.5) is 17.6 Å². The van der Waals surface area contributed by atoms with Crippen molar-refractivity contribution in [1.29, 1.82) is 0 Å². The number of benzene rings is 1. The highest BCUT2D eigenvalue weighted by Crippen LogP contribution is 2.38. The Kier molecular flexibility index (Phi) is 5.28. The van der Waals surface area contributed by atoms with Crippen LogP contribution in [0.3, 0.4) is 0 Å². The predicted octanol–water partition coefficient (Wildman–Crippen LogP) is 4.41. The third kappa shape index (κ3) is 3.14. The Morgan fingerprint density at radius 3 is 2.46 bits per heavy atom. The SMILES string of the molecule is COC(=O)c1nc(-c2ccc(C(F)F)c(F)c2OC)c(F)cc1Cl. The second-order valence-electron chi connectivity index (χ2n) is 4.49. The summed E-state index contributed by atoms with van der Waals surface area (Å²) in [6.45, 7) is 0. The molecule has 0 fully saturated rings. The zero-order chi connectivity index (χ0) is 18.0. The van der Waals surface area contributed by atoms with Gasteiger partial charge in [0.25, 0.3) is 6.43 Å². The first-order valence-corrected chi connectivity index (χ1v) is 6.78. The summed E-state index contributed by atoms with van der Waals surface area (Å²) in [4.78, 5) is 15.3. The Morgan fingerprint density at radius 2 is 1.92 bits per heavy atom. The maximum atomic E-state index is 14.2. The molecule has 1 aromatic heterocycles. The van der Waals surface area contributed by atoms with E-state index in [1.165, 1.54) is 0 Å². The van der Waals surface area contributed by atoms with Crippen LogP contribution in [0, 0.1) is 11.6 Å². The molecule has 9 heteroatoms. The lowest BCUT2D eigenvalue weighted by atomic mass is 10.0. The second kappa shape index (κ2) is 7.04. The van der Waals surface area contributed by atoms with Crippen LogP contribution in [0.1, 0.15) is 22.5 Å². The highest BCUT2D eigenvalue weighted by Gasteiger charge is 2.25. The number of pyridine rings is 1. The van der Waals surface area contributed by atoms with Crippen molar-refractivity contribution in [2.75, 3.05) is 14.2 Å². The third-order valence-corrected chi connectivity index (χ3v) is 3.42. The van der Waals surface area contributed by atoms with Gasteiger partial charge in [-0.3, -0.25) is 0 Å². The number of ether oxygens (including phenoxy) is 2. The average Bonchev–Trinajstić information content (AvgIpc) is 2.53. The molecule has 2 rings (SSSR count). The Hall–Kier alpha value is -2.35. The van der Waals surface area contributed by atoms with Crippen molar-refractivity contribution in [2.45, 2.75) is 6.43 Å². The zero-order valence-electron chi connectivity index (χ0n) is 12.4. The molecule has 0 spiro atoms. The number of hydrogen-bond acceptors (Lipinski definition) is 4. The smallest absolute Gasteiger partial charge is 0.358 e.